The highest BCUT2D eigenvalue weighted by molar-refractivity contribution is 4.66. The first kappa shape index (κ1) is 15.8. The smallest absolute Gasteiger partial charge is 0.0615 e. The molecule has 0 saturated carbocycles. The van der Waals surface area contributed by atoms with Gasteiger partial charge in [-0.25, -0.2) is 0 Å². The molecule has 4 nitrogen and oxygen atoms in total. The van der Waals surface area contributed by atoms with Gasteiger partial charge in [-0.15, -0.1) is 0 Å². The Bertz CT molecular complexity index is 142. The van der Waals surface area contributed by atoms with Crippen LogP contribution in [0, 0.1) is 0 Å². The van der Waals surface area contributed by atoms with Crippen LogP contribution in [0.3, 0.4) is 0 Å². The molecule has 0 radical (unpaired) electrons. The van der Waals surface area contributed by atoms with E-state index >= 15 is 0 Å². The normalized spacial score (nSPS) is 13.3. The van der Waals surface area contributed by atoms with Crippen molar-refractivity contribution in [3.05, 3.63) is 0 Å². The summed E-state index contributed by atoms with van der Waals surface area (Å²) >= 11 is 0. The fourth-order valence-electron chi connectivity index (χ4n) is 1.67. The molecule has 0 heterocycles. The number of hydrogen-bond donors (Lipinski definition) is 2. The molecule has 0 aromatic heterocycles. The Balaban J connectivity index is 3.43. The SMILES string of the molecule is COCC(CCCN)NCCCCN(C)C. The van der Waals surface area contributed by atoms with Crippen molar-refractivity contribution in [2.45, 2.75) is 31.7 Å². The monoisotopic (exact) mass is 231 g/mol. The molecule has 0 aromatic carbocycles. The fourth-order valence-corrected chi connectivity index (χ4v) is 1.67. The van der Waals surface area contributed by atoms with Crippen LogP contribution in [0.25, 0.3) is 0 Å². The Hall–Kier alpha value is -0.160. The minimum absolute atomic E-state index is 0.466. The van der Waals surface area contributed by atoms with Gasteiger partial charge in [0.1, 0.15) is 0 Å². The van der Waals surface area contributed by atoms with E-state index in [1.165, 1.54) is 19.4 Å². The van der Waals surface area contributed by atoms with Crippen LogP contribution in [0.4, 0.5) is 0 Å². The fraction of sp³-hybridized carbons (Fsp3) is 1.00. The summed E-state index contributed by atoms with van der Waals surface area (Å²) in [7, 11) is 5.98. The second-order valence-electron chi connectivity index (χ2n) is 4.55. The molecular weight excluding hydrogens is 202 g/mol. The molecule has 0 aliphatic carbocycles. The molecule has 1 atom stereocenters. The average Bonchev–Trinajstić information content (AvgIpc) is 2.24. The number of nitrogens with two attached hydrogens (primary N) is 1. The number of nitrogens with zero attached hydrogens (tertiary/aromatic N) is 1. The van der Waals surface area contributed by atoms with E-state index in [-0.39, 0.29) is 0 Å². The summed E-state index contributed by atoms with van der Waals surface area (Å²) < 4.78 is 5.18. The summed E-state index contributed by atoms with van der Waals surface area (Å²) in [5, 5.41) is 3.53. The predicted octanol–water partition coefficient (Wildman–Crippen LogP) is 0.672. The first-order valence-electron chi connectivity index (χ1n) is 6.27. The van der Waals surface area contributed by atoms with E-state index in [1.54, 1.807) is 7.11 Å². The Morgan fingerprint density at radius 1 is 1.25 bits per heavy atom. The number of rotatable bonds is 11. The van der Waals surface area contributed by atoms with Crippen molar-refractivity contribution < 1.29 is 4.74 Å². The second kappa shape index (κ2) is 11.3. The molecular formula is C12H29N3O. The number of ether oxygens (including phenoxy) is 1. The largest absolute Gasteiger partial charge is 0.383 e. The molecule has 0 aliphatic rings. The average molecular weight is 231 g/mol. The Morgan fingerprint density at radius 3 is 2.56 bits per heavy atom. The van der Waals surface area contributed by atoms with Crippen molar-refractivity contribution in [3.8, 4) is 0 Å². The summed E-state index contributed by atoms with van der Waals surface area (Å²) in [5.74, 6) is 0. The quantitative estimate of drug-likeness (QED) is 0.513. The van der Waals surface area contributed by atoms with E-state index in [0.29, 0.717) is 6.04 Å². The van der Waals surface area contributed by atoms with Gasteiger partial charge in [0.25, 0.3) is 0 Å². The van der Waals surface area contributed by atoms with Crippen LogP contribution < -0.4 is 11.1 Å². The molecule has 0 aliphatic heterocycles. The first-order chi connectivity index (χ1) is 7.70. The zero-order chi connectivity index (χ0) is 12.2. The van der Waals surface area contributed by atoms with Crippen molar-refractivity contribution >= 4 is 0 Å². The molecule has 0 fully saturated rings. The van der Waals surface area contributed by atoms with Gasteiger partial charge < -0.3 is 20.7 Å². The van der Waals surface area contributed by atoms with E-state index in [2.05, 4.69) is 24.3 Å². The third-order valence-electron chi connectivity index (χ3n) is 2.59. The maximum Gasteiger partial charge on any atom is 0.0615 e. The molecule has 3 N–H and O–H groups in total. The zero-order valence-corrected chi connectivity index (χ0v) is 11.2. The van der Waals surface area contributed by atoms with Crippen LogP contribution in [0.1, 0.15) is 25.7 Å². The van der Waals surface area contributed by atoms with Crippen molar-refractivity contribution in [3.63, 3.8) is 0 Å². The van der Waals surface area contributed by atoms with E-state index in [0.717, 1.165) is 32.5 Å². The van der Waals surface area contributed by atoms with Crippen molar-refractivity contribution in [2.24, 2.45) is 5.73 Å². The number of unbranched alkanes of at least 4 members (excludes halogenated alkanes) is 1. The highest BCUT2D eigenvalue weighted by Gasteiger charge is 2.06. The van der Waals surface area contributed by atoms with Gasteiger partial charge in [0.2, 0.25) is 0 Å². The van der Waals surface area contributed by atoms with Gasteiger partial charge in [-0.1, -0.05) is 0 Å². The minimum atomic E-state index is 0.466. The van der Waals surface area contributed by atoms with E-state index in [1.807, 2.05) is 0 Å². The topological polar surface area (TPSA) is 50.5 Å². The maximum atomic E-state index is 5.51. The number of hydrogen-bond acceptors (Lipinski definition) is 4. The molecule has 1 unspecified atom stereocenters. The molecule has 0 spiro atoms. The second-order valence-corrected chi connectivity index (χ2v) is 4.55. The van der Waals surface area contributed by atoms with Gasteiger partial charge in [0, 0.05) is 13.2 Å². The van der Waals surface area contributed by atoms with Crippen LogP contribution in [0.15, 0.2) is 0 Å². The molecule has 4 heteroatoms. The van der Waals surface area contributed by atoms with Gasteiger partial charge in [-0.2, -0.15) is 0 Å². The molecule has 0 rings (SSSR count). The van der Waals surface area contributed by atoms with E-state index in [9.17, 15) is 0 Å². The van der Waals surface area contributed by atoms with Gasteiger partial charge in [0.05, 0.1) is 6.61 Å². The van der Waals surface area contributed by atoms with Crippen LogP contribution >= 0.6 is 0 Å². The Morgan fingerprint density at radius 2 is 2.00 bits per heavy atom. The van der Waals surface area contributed by atoms with Gasteiger partial charge in [-0.05, 0) is 59.4 Å². The van der Waals surface area contributed by atoms with E-state index < -0.39 is 0 Å². The molecule has 0 aromatic rings. The van der Waals surface area contributed by atoms with Crippen LogP contribution in [0.2, 0.25) is 0 Å². The molecule has 16 heavy (non-hydrogen) atoms. The Labute approximate surface area is 101 Å². The summed E-state index contributed by atoms with van der Waals surface area (Å²) in [4.78, 5) is 2.22. The first-order valence-corrected chi connectivity index (χ1v) is 6.27. The molecule has 0 saturated heterocycles. The van der Waals surface area contributed by atoms with Gasteiger partial charge in [-0.3, -0.25) is 0 Å². The van der Waals surface area contributed by atoms with E-state index in [4.69, 9.17) is 10.5 Å². The summed E-state index contributed by atoms with van der Waals surface area (Å²) in [6.45, 7) is 3.79. The van der Waals surface area contributed by atoms with Crippen molar-refractivity contribution in [1.82, 2.24) is 10.2 Å². The van der Waals surface area contributed by atoms with Crippen molar-refractivity contribution in [2.75, 3.05) is 47.4 Å². The number of methoxy groups -OCH3 is 1. The predicted molar refractivity (Wildman–Crippen MR) is 69.7 cm³/mol. The van der Waals surface area contributed by atoms with Gasteiger partial charge in [0.15, 0.2) is 0 Å². The lowest BCUT2D eigenvalue weighted by atomic mass is 10.1. The zero-order valence-electron chi connectivity index (χ0n) is 11.2. The third-order valence-corrected chi connectivity index (χ3v) is 2.59. The molecule has 0 amide bonds. The van der Waals surface area contributed by atoms with Crippen LogP contribution in [0.5, 0.6) is 0 Å². The lowest BCUT2D eigenvalue weighted by Gasteiger charge is -2.17. The molecule has 98 valence electrons. The highest BCUT2D eigenvalue weighted by atomic mass is 16.5. The van der Waals surface area contributed by atoms with Crippen LogP contribution in [-0.4, -0.2) is 58.4 Å². The summed E-state index contributed by atoms with van der Waals surface area (Å²) in [6, 6.07) is 0.466. The van der Waals surface area contributed by atoms with Gasteiger partial charge >= 0.3 is 0 Å². The lowest BCUT2D eigenvalue weighted by Crippen LogP contribution is -2.34. The van der Waals surface area contributed by atoms with Crippen molar-refractivity contribution in [1.29, 1.82) is 0 Å². The third kappa shape index (κ3) is 10.4. The Kier molecular flexibility index (Phi) is 11.2. The lowest BCUT2D eigenvalue weighted by molar-refractivity contribution is 0.161. The van der Waals surface area contributed by atoms with Crippen LogP contribution in [-0.2, 0) is 4.74 Å². The summed E-state index contributed by atoms with van der Waals surface area (Å²) in [5.41, 5.74) is 5.51. The minimum Gasteiger partial charge on any atom is -0.383 e. The standard InChI is InChI=1S/C12H29N3O/c1-15(2)10-5-4-9-14-12(11-16-3)7-6-8-13/h12,14H,4-11,13H2,1-3H3. The number of nitrogens with one attached hydrogen (secondary N) is 1. The molecule has 0 bridgehead atoms. The summed E-state index contributed by atoms with van der Waals surface area (Å²) in [6.07, 6.45) is 4.65. The highest BCUT2D eigenvalue weighted by Crippen LogP contribution is 1.98. The maximum absolute atomic E-state index is 5.51.